The number of nitrogens with zero attached hydrogens (tertiary/aromatic N) is 4. The summed E-state index contributed by atoms with van der Waals surface area (Å²) in [6.07, 6.45) is 7.59. The second-order valence-corrected chi connectivity index (χ2v) is 12.5. The van der Waals surface area contributed by atoms with Gasteiger partial charge in [-0.05, 0) is 50.9 Å². The molecule has 5 heterocycles. The van der Waals surface area contributed by atoms with Gasteiger partial charge in [0, 0.05) is 43.9 Å². The van der Waals surface area contributed by atoms with Crippen LogP contribution in [0.4, 0.5) is 4.79 Å². The third-order valence-electron chi connectivity index (χ3n) is 9.38. The summed E-state index contributed by atoms with van der Waals surface area (Å²) >= 11 is 0. The molecule has 232 valence electrons. The van der Waals surface area contributed by atoms with E-state index in [1.807, 2.05) is 22.9 Å². The number of aromatic amines is 1. The van der Waals surface area contributed by atoms with Gasteiger partial charge in [-0.2, -0.15) is 0 Å². The third kappa shape index (κ3) is 6.58. The number of H-pyrrole nitrogens is 1. The zero-order valence-electron chi connectivity index (χ0n) is 25.4. The SMILES string of the molecule is COC(=O)N[C@H]1CCCCOCC2NC(=NC2Cc2cnc([C@@H]3CCCN3C(=O)[C@@H](C)C(C)C)[nH]2)[C@@H]2CCCN2C1=O. The Morgan fingerprint density at radius 2 is 1.90 bits per heavy atom. The number of amides is 3. The van der Waals surface area contributed by atoms with E-state index in [-0.39, 0.29) is 41.9 Å². The maximum Gasteiger partial charge on any atom is 0.407 e. The van der Waals surface area contributed by atoms with Crippen molar-refractivity contribution in [1.82, 2.24) is 30.4 Å². The van der Waals surface area contributed by atoms with Gasteiger partial charge in [-0.15, -0.1) is 0 Å². The first-order chi connectivity index (χ1) is 20.3. The first kappa shape index (κ1) is 30.3. The molecule has 0 aromatic carbocycles. The number of nitrogens with one attached hydrogen (secondary N) is 3. The molecule has 2 unspecified atom stereocenters. The van der Waals surface area contributed by atoms with Crippen LogP contribution in [0.3, 0.4) is 0 Å². The summed E-state index contributed by atoms with van der Waals surface area (Å²) in [6.45, 7) is 8.68. The molecule has 0 saturated carbocycles. The van der Waals surface area contributed by atoms with Gasteiger partial charge in [0.1, 0.15) is 17.7 Å². The number of fused-ring (bicyclic) bond motifs is 4. The second-order valence-electron chi connectivity index (χ2n) is 12.5. The molecule has 3 amide bonds. The van der Waals surface area contributed by atoms with Crippen LogP contribution in [0.2, 0.25) is 0 Å². The second kappa shape index (κ2) is 13.4. The van der Waals surface area contributed by atoms with E-state index >= 15 is 0 Å². The molecule has 3 N–H and O–H groups in total. The average molecular weight is 586 g/mol. The Hall–Kier alpha value is -3.15. The fraction of sp³-hybridized carbons (Fsp3) is 0.767. The summed E-state index contributed by atoms with van der Waals surface area (Å²) in [7, 11) is 1.31. The van der Waals surface area contributed by atoms with Gasteiger partial charge in [-0.25, -0.2) is 9.78 Å². The average Bonchev–Trinajstić information content (AvgIpc) is 3.79. The first-order valence-corrected chi connectivity index (χ1v) is 15.7. The minimum atomic E-state index is -0.638. The largest absolute Gasteiger partial charge is 0.453 e. The lowest BCUT2D eigenvalue weighted by atomic mass is 9.96. The Kier molecular flexibility index (Phi) is 9.70. The van der Waals surface area contributed by atoms with E-state index in [2.05, 4.69) is 29.5 Å². The van der Waals surface area contributed by atoms with E-state index in [9.17, 15) is 14.4 Å². The number of likely N-dealkylation sites (tertiary alicyclic amines) is 1. The Balaban J connectivity index is 1.32. The normalized spacial score (nSPS) is 29.2. The van der Waals surface area contributed by atoms with Crippen LogP contribution in [0.25, 0.3) is 0 Å². The molecule has 4 aliphatic heterocycles. The lowest BCUT2D eigenvalue weighted by Crippen LogP contribution is -2.53. The van der Waals surface area contributed by atoms with Crippen LogP contribution < -0.4 is 10.6 Å². The number of carbonyl (C=O) groups is 3. The van der Waals surface area contributed by atoms with Crippen LogP contribution in [0.1, 0.15) is 83.3 Å². The summed E-state index contributed by atoms with van der Waals surface area (Å²) in [5.74, 6) is 2.03. The van der Waals surface area contributed by atoms with Crippen LogP contribution in [-0.2, 0) is 25.5 Å². The number of imidazole rings is 1. The Morgan fingerprint density at radius 1 is 1.12 bits per heavy atom. The summed E-state index contributed by atoms with van der Waals surface area (Å²) in [5, 5.41) is 6.34. The molecule has 2 bridgehead atoms. The molecule has 12 nitrogen and oxygen atoms in total. The highest BCUT2D eigenvalue weighted by molar-refractivity contribution is 5.95. The number of methoxy groups -OCH3 is 1. The van der Waals surface area contributed by atoms with E-state index in [1.54, 1.807) is 0 Å². The van der Waals surface area contributed by atoms with Crippen LogP contribution >= 0.6 is 0 Å². The highest BCUT2D eigenvalue weighted by Gasteiger charge is 2.41. The molecule has 1 aromatic rings. The number of hydrogen-bond donors (Lipinski definition) is 3. The lowest BCUT2D eigenvalue weighted by Gasteiger charge is -2.29. The Bertz CT molecular complexity index is 1150. The van der Waals surface area contributed by atoms with Crippen molar-refractivity contribution in [3.63, 3.8) is 0 Å². The maximum atomic E-state index is 13.6. The molecule has 3 fully saturated rings. The molecule has 3 saturated heterocycles. The van der Waals surface area contributed by atoms with Crippen molar-refractivity contribution in [3.8, 4) is 0 Å². The predicted molar refractivity (Wildman–Crippen MR) is 157 cm³/mol. The number of aliphatic imine (C=N–C) groups is 1. The van der Waals surface area contributed by atoms with E-state index < -0.39 is 12.1 Å². The standard InChI is InChI=1S/C30H47N7O5/c1-18(2)19(3)28(38)36-12-7-10-24(36)26-31-16-20(32-26)15-22-23-17-42-14-6-5-9-21(35-30(40)41-4)29(39)37-13-8-11-25(37)27(33-22)34-23/h16,18-19,21-25H,5-15,17H2,1-4H3,(H,31,32)(H,33,34)(H,35,40)/t19-,21-,22?,23?,24-,25-/m0/s1. The zero-order valence-corrected chi connectivity index (χ0v) is 25.4. The predicted octanol–water partition coefficient (Wildman–Crippen LogP) is 2.56. The van der Waals surface area contributed by atoms with E-state index in [0.29, 0.717) is 38.5 Å². The number of amidine groups is 1. The van der Waals surface area contributed by atoms with Crippen molar-refractivity contribution >= 4 is 23.7 Å². The highest BCUT2D eigenvalue weighted by atomic mass is 16.5. The molecule has 0 aliphatic carbocycles. The van der Waals surface area contributed by atoms with Gasteiger partial charge >= 0.3 is 6.09 Å². The van der Waals surface area contributed by atoms with Gasteiger partial charge in [0.15, 0.2) is 0 Å². The van der Waals surface area contributed by atoms with Gasteiger partial charge in [-0.3, -0.25) is 14.6 Å². The quantitative estimate of drug-likeness (QED) is 0.466. The van der Waals surface area contributed by atoms with Gasteiger partial charge in [0.2, 0.25) is 11.8 Å². The molecule has 4 aliphatic rings. The van der Waals surface area contributed by atoms with E-state index in [1.165, 1.54) is 7.11 Å². The van der Waals surface area contributed by atoms with Gasteiger partial charge in [0.25, 0.3) is 0 Å². The lowest BCUT2D eigenvalue weighted by molar-refractivity contribution is -0.137. The van der Waals surface area contributed by atoms with Gasteiger partial charge in [-0.1, -0.05) is 20.8 Å². The van der Waals surface area contributed by atoms with Gasteiger partial charge < -0.3 is 34.9 Å². The topological polar surface area (TPSA) is 141 Å². The van der Waals surface area contributed by atoms with Crippen LogP contribution in [0, 0.1) is 11.8 Å². The summed E-state index contributed by atoms with van der Waals surface area (Å²) in [4.78, 5) is 56.0. The van der Waals surface area contributed by atoms with Crippen molar-refractivity contribution in [2.75, 3.05) is 33.4 Å². The monoisotopic (exact) mass is 585 g/mol. The Labute approximate surface area is 248 Å². The summed E-state index contributed by atoms with van der Waals surface area (Å²) < 4.78 is 10.9. The van der Waals surface area contributed by atoms with Crippen LogP contribution in [0.5, 0.6) is 0 Å². The molecular weight excluding hydrogens is 538 g/mol. The van der Waals surface area contributed by atoms with Crippen molar-refractivity contribution in [3.05, 3.63) is 17.7 Å². The molecule has 12 heteroatoms. The van der Waals surface area contributed by atoms with Crippen LogP contribution in [-0.4, -0.2) is 101 Å². The number of aromatic nitrogens is 2. The maximum absolute atomic E-state index is 13.6. The fourth-order valence-corrected chi connectivity index (χ4v) is 6.59. The number of carbonyl (C=O) groups excluding carboxylic acids is 3. The summed E-state index contributed by atoms with van der Waals surface area (Å²) in [5.41, 5.74) is 0.978. The molecular formula is C30H47N7O5. The van der Waals surface area contributed by atoms with Crippen molar-refractivity contribution in [2.45, 2.75) is 102 Å². The molecule has 0 spiro atoms. The first-order valence-electron chi connectivity index (χ1n) is 15.7. The van der Waals surface area contributed by atoms with Crippen molar-refractivity contribution < 1.29 is 23.9 Å². The summed E-state index contributed by atoms with van der Waals surface area (Å²) in [6, 6.07) is -0.930. The fourth-order valence-electron chi connectivity index (χ4n) is 6.59. The van der Waals surface area contributed by atoms with Crippen molar-refractivity contribution in [2.24, 2.45) is 16.8 Å². The number of alkyl carbamates (subject to hydrolysis) is 1. The third-order valence-corrected chi connectivity index (χ3v) is 9.38. The van der Waals surface area contributed by atoms with E-state index in [0.717, 1.165) is 62.4 Å². The van der Waals surface area contributed by atoms with E-state index in [4.69, 9.17) is 19.5 Å². The number of rotatable bonds is 6. The van der Waals surface area contributed by atoms with Crippen molar-refractivity contribution in [1.29, 1.82) is 0 Å². The molecule has 5 rings (SSSR count). The minimum Gasteiger partial charge on any atom is -0.453 e. The molecule has 0 radical (unpaired) electrons. The smallest absolute Gasteiger partial charge is 0.407 e. The minimum absolute atomic E-state index is 0.0213. The van der Waals surface area contributed by atoms with Crippen LogP contribution in [0.15, 0.2) is 11.2 Å². The molecule has 6 atom stereocenters. The van der Waals surface area contributed by atoms with Gasteiger partial charge in [0.05, 0.1) is 37.9 Å². The number of hydrogen-bond acceptors (Lipinski definition) is 8. The Morgan fingerprint density at radius 3 is 2.69 bits per heavy atom. The molecule has 42 heavy (non-hydrogen) atoms. The number of ether oxygens (including phenoxy) is 2. The zero-order chi connectivity index (χ0) is 29.8. The molecule has 1 aromatic heterocycles. The highest BCUT2D eigenvalue weighted by Crippen LogP contribution is 2.33.